The molecular weight excluding hydrogens is 324 g/mol. The monoisotopic (exact) mass is 342 g/mol. The van der Waals surface area contributed by atoms with Crippen molar-refractivity contribution in [2.24, 2.45) is 0 Å². The van der Waals surface area contributed by atoms with Gasteiger partial charge in [-0.3, -0.25) is 4.79 Å². The first-order chi connectivity index (χ1) is 11.6. The van der Waals surface area contributed by atoms with E-state index in [2.05, 4.69) is 15.4 Å². The van der Waals surface area contributed by atoms with E-state index in [9.17, 15) is 4.79 Å². The lowest BCUT2D eigenvalue weighted by Gasteiger charge is -2.05. The number of carbonyl (C=O) groups is 1. The van der Waals surface area contributed by atoms with Crippen molar-refractivity contribution in [3.8, 4) is 5.69 Å². The molecular formula is C18H19ClN4O. The topological polar surface area (TPSA) is 59.8 Å². The number of nitrogens with one attached hydrogen (secondary N) is 1. The second-order valence-corrected chi connectivity index (χ2v) is 5.09. The summed E-state index contributed by atoms with van der Waals surface area (Å²) < 4.78 is 1.57. The predicted octanol–water partition coefficient (Wildman–Crippen LogP) is 4.51. The third kappa shape index (κ3) is 4.00. The van der Waals surface area contributed by atoms with Crippen molar-refractivity contribution in [2.75, 3.05) is 5.32 Å². The van der Waals surface area contributed by atoms with Gasteiger partial charge in [0.1, 0.15) is 5.69 Å². The highest BCUT2D eigenvalue weighted by Crippen LogP contribution is 2.18. The molecule has 0 aliphatic rings. The molecule has 1 N–H and O–H groups in total. The van der Waals surface area contributed by atoms with Crippen LogP contribution < -0.4 is 5.32 Å². The summed E-state index contributed by atoms with van der Waals surface area (Å²) in [5.74, 6) is 0.258. The van der Waals surface area contributed by atoms with Crippen LogP contribution in [0.25, 0.3) is 5.69 Å². The minimum Gasteiger partial charge on any atom is -0.305 e. The van der Waals surface area contributed by atoms with Crippen LogP contribution in [-0.2, 0) is 0 Å². The van der Waals surface area contributed by atoms with Crippen LogP contribution in [0.2, 0.25) is 5.15 Å². The number of aryl methyl sites for hydroxylation is 1. The number of nitrogens with zero attached hydrogens (tertiary/aromatic N) is 3. The maximum atomic E-state index is 12.2. The molecule has 0 aliphatic carbocycles. The van der Waals surface area contributed by atoms with Gasteiger partial charge in [0.05, 0.1) is 0 Å². The van der Waals surface area contributed by atoms with Gasteiger partial charge >= 0.3 is 0 Å². The molecule has 24 heavy (non-hydrogen) atoms. The number of halogens is 1. The van der Waals surface area contributed by atoms with Crippen molar-refractivity contribution in [1.82, 2.24) is 14.8 Å². The van der Waals surface area contributed by atoms with E-state index in [4.69, 9.17) is 11.6 Å². The van der Waals surface area contributed by atoms with E-state index in [1.54, 1.807) is 41.3 Å². The Morgan fingerprint density at radius 1 is 1.12 bits per heavy atom. The number of rotatable bonds is 3. The van der Waals surface area contributed by atoms with Gasteiger partial charge in [-0.2, -0.15) is 0 Å². The summed E-state index contributed by atoms with van der Waals surface area (Å²) in [6.07, 6.45) is 3.33. The quantitative estimate of drug-likeness (QED) is 0.712. The number of hydrogen-bond donors (Lipinski definition) is 1. The Morgan fingerprint density at radius 2 is 1.88 bits per heavy atom. The van der Waals surface area contributed by atoms with Gasteiger partial charge in [-0.25, -0.2) is 9.67 Å². The highest BCUT2D eigenvalue weighted by Gasteiger charge is 2.11. The second kappa shape index (κ2) is 8.26. The normalized spacial score (nSPS) is 9.83. The van der Waals surface area contributed by atoms with Crippen molar-refractivity contribution < 1.29 is 4.79 Å². The number of carbonyl (C=O) groups excluding carboxylic acids is 1. The highest BCUT2D eigenvalue weighted by molar-refractivity contribution is 6.31. The van der Waals surface area contributed by atoms with Crippen molar-refractivity contribution >= 4 is 23.3 Å². The average Bonchev–Trinajstić information content (AvgIpc) is 3.05. The van der Waals surface area contributed by atoms with Crippen molar-refractivity contribution in [2.45, 2.75) is 20.8 Å². The Balaban J connectivity index is 0.00000100. The molecule has 0 radical (unpaired) electrons. The Labute approximate surface area is 146 Å². The summed E-state index contributed by atoms with van der Waals surface area (Å²) in [7, 11) is 0. The Morgan fingerprint density at radius 3 is 2.58 bits per heavy atom. The molecule has 0 unspecified atom stereocenters. The molecule has 0 spiro atoms. The molecule has 2 aromatic heterocycles. The van der Waals surface area contributed by atoms with Crippen LogP contribution in [0.3, 0.4) is 0 Å². The van der Waals surface area contributed by atoms with Gasteiger partial charge in [0.25, 0.3) is 5.91 Å². The number of benzene rings is 1. The largest absolute Gasteiger partial charge is 0.305 e. The summed E-state index contributed by atoms with van der Waals surface area (Å²) in [5.41, 5.74) is 2.19. The first-order valence-corrected chi connectivity index (χ1v) is 8.06. The number of pyridine rings is 1. The molecule has 6 heteroatoms. The first-order valence-electron chi connectivity index (χ1n) is 7.69. The molecule has 0 fully saturated rings. The molecule has 5 nitrogen and oxygen atoms in total. The standard InChI is InChI=1S/C16H13ClN4O.C2H6/c1-11-5-2-3-6-12(11)16(22)19-14-8-10-21(20-14)13-7-4-9-18-15(13)17;1-2/h2-10H,1H3,(H,19,20,22);1-2H3. The van der Waals surface area contributed by atoms with Crippen LogP contribution in [0.1, 0.15) is 29.8 Å². The molecule has 0 bridgehead atoms. The van der Waals surface area contributed by atoms with Crippen molar-refractivity contribution in [1.29, 1.82) is 0 Å². The minimum atomic E-state index is -0.194. The molecule has 3 aromatic rings. The zero-order valence-corrected chi connectivity index (χ0v) is 14.6. The van der Waals surface area contributed by atoms with E-state index in [0.717, 1.165) is 5.56 Å². The first kappa shape index (κ1) is 17.7. The van der Waals surface area contributed by atoms with Crippen LogP contribution >= 0.6 is 11.6 Å². The van der Waals surface area contributed by atoms with Crippen LogP contribution in [-0.4, -0.2) is 20.7 Å². The molecule has 1 amide bonds. The van der Waals surface area contributed by atoms with Gasteiger partial charge in [-0.05, 0) is 30.7 Å². The summed E-state index contributed by atoms with van der Waals surface area (Å²) in [6.45, 7) is 5.89. The lowest BCUT2D eigenvalue weighted by atomic mass is 10.1. The van der Waals surface area contributed by atoms with E-state index in [0.29, 0.717) is 22.2 Å². The molecule has 0 saturated heterocycles. The lowest BCUT2D eigenvalue weighted by molar-refractivity contribution is 0.102. The van der Waals surface area contributed by atoms with Crippen LogP contribution in [0.5, 0.6) is 0 Å². The van der Waals surface area contributed by atoms with Crippen LogP contribution in [0.15, 0.2) is 54.9 Å². The molecule has 124 valence electrons. The van der Waals surface area contributed by atoms with Gasteiger partial charge in [0.15, 0.2) is 11.0 Å². The summed E-state index contributed by atoms with van der Waals surface area (Å²) in [5, 5.41) is 7.42. The summed E-state index contributed by atoms with van der Waals surface area (Å²) >= 11 is 6.03. The van der Waals surface area contributed by atoms with E-state index < -0.39 is 0 Å². The zero-order valence-electron chi connectivity index (χ0n) is 13.8. The smallest absolute Gasteiger partial charge is 0.257 e. The van der Waals surface area contributed by atoms with Gasteiger partial charge in [0, 0.05) is 24.0 Å². The van der Waals surface area contributed by atoms with Crippen molar-refractivity contribution in [3.63, 3.8) is 0 Å². The van der Waals surface area contributed by atoms with Gasteiger partial charge in [-0.1, -0.05) is 43.6 Å². The molecule has 0 aliphatic heterocycles. The predicted molar refractivity (Wildman–Crippen MR) is 96.8 cm³/mol. The number of anilines is 1. The van der Waals surface area contributed by atoms with E-state index >= 15 is 0 Å². The van der Waals surface area contributed by atoms with Gasteiger partial charge < -0.3 is 5.32 Å². The minimum absolute atomic E-state index is 0.194. The molecule has 1 aromatic carbocycles. The van der Waals surface area contributed by atoms with E-state index in [1.165, 1.54) is 0 Å². The van der Waals surface area contributed by atoms with Crippen LogP contribution in [0.4, 0.5) is 5.82 Å². The number of hydrogen-bond acceptors (Lipinski definition) is 3. The third-order valence-electron chi connectivity index (χ3n) is 3.21. The Kier molecular flexibility index (Phi) is 6.09. The molecule has 2 heterocycles. The fourth-order valence-corrected chi connectivity index (χ4v) is 2.29. The maximum Gasteiger partial charge on any atom is 0.257 e. The average molecular weight is 343 g/mol. The highest BCUT2D eigenvalue weighted by atomic mass is 35.5. The van der Waals surface area contributed by atoms with E-state index in [-0.39, 0.29) is 5.91 Å². The second-order valence-electron chi connectivity index (χ2n) is 4.73. The number of amides is 1. The van der Waals surface area contributed by atoms with Gasteiger partial charge in [-0.15, -0.1) is 5.10 Å². The fourth-order valence-electron chi connectivity index (χ4n) is 2.08. The molecule has 0 atom stereocenters. The summed E-state index contributed by atoms with van der Waals surface area (Å²) in [6, 6.07) is 12.7. The summed E-state index contributed by atoms with van der Waals surface area (Å²) in [4.78, 5) is 16.3. The SMILES string of the molecule is CC.Cc1ccccc1C(=O)Nc1ccn(-c2cccnc2Cl)n1. The van der Waals surface area contributed by atoms with Gasteiger partial charge in [0.2, 0.25) is 0 Å². The molecule has 3 rings (SSSR count). The Hall–Kier alpha value is -2.66. The van der Waals surface area contributed by atoms with Crippen LogP contribution in [0, 0.1) is 6.92 Å². The third-order valence-corrected chi connectivity index (χ3v) is 3.50. The maximum absolute atomic E-state index is 12.2. The Bertz CT molecular complexity index is 829. The zero-order chi connectivity index (χ0) is 17.5. The molecule has 0 saturated carbocycles. The number of aromatic nitrogens is 3. The van der Waals surface area contributed by atoms with E-state index in [1.807, 2.05) is 39.0 Å². The van der Waals surface area contributed by atoms with Crippen molar-refractivity contribution in [3.05, 3.63) is 71.1 Å². The lowest BCUT2D eigenvalue weighted by Crippen LogP contribution is -2.14. The fraction of sp³-hybridized carbons (Fsp3) is 0.167.